The second-order valence-electron chi connectivity index (χ2n) is 6.08. The minimum Gasteiger partial charge on any atom is -0.322 e. The van der Waals surface area contributed by atoms with Crippen LogP contribution in [0.25, 0.3) is 21.3 Å². The van der Waals surface area contributed by atoms with Gasteiger partial charge >= 0.3 is 0 Å². The topological polar surface area (TPSA) is 63.6 Å². The number of aryl methyl sites for hydroxylation is 1. The van der Waals surface area contributed by atoms with Gasteiger partial charge in [0.15, 0.2) is 0 Å². The number of aromatic nitrogens is 4. The van der Waals surface area contributed by atoms with E-state index in [0.717, 1.165) is 21.8 Å². The molecule has 27 heavy (non-hydrogen) atoms. The van der Waals surface area contributed by atoms with Crippen molar-refractivity contribution in [3.63, 3.8) is 0 Å². The summed E-state index contributed by atoms with van der Waals surface area (Å²) < 4.78 is 1.75. The molecule has 0 spiro atoms. The fraction of sp³-hybridized carbons (Fsp3) is 0.167. The molecule has 0 unspecified atom stereocenters. The smallest absolute Gasteiger partial charge is 0.260 e. The molecule has 0 saturated carbocycles. The number of H-pyrrole nitrogens is 1. The Morgan fingerprint density at radius 3 is 2.70 bits per heavy atom. The molecule has 1 N–H and O–H groups in total. The van der Waals surface area contributed by atoms with Gasteiger partial charge in [-0.05, 0) is 19.1 Å². The van der Waals surface area contributed by atoms with Crippen molar-refractivity contribution < 1.29 is 0 Å². The largest absolute Gasteiger partial charge is 0.322 e. The van der Waals surface area contributed by atoms with Gasteiger partial charge in [0.2, 0.25) is 0 Å². The Balaban J connectivity index is 1.86. The number of benzene rings is 1. The molecule has 1 aromatic carbocycles. The van der Waals surface area contributed by atoms with Crippen LogP contribution in [-0.2, 0) is 13.5 Å². The predicted molar refractivity (Wildman–Crippen MR) is 111 cm³/mol. The third kappa shape index (κ3) is 3.27. The van der Waals surface area contributed by atoms with E-state index < -0.39 is 0 Å². The van der Waals surface area contributed by atoms with Gasteiger partial charge in [-0.1, -0.05) is 40.9 Å². The van der Waals surface area contributed by atoms with Crippen molar-refractivity contribution in [2.24, 2.45) is 7.05 Å². The fourth-order valence-corrected chi connectivity index (χ4v) is 4.71. The van der Waals surface area contributed by atoms with E-state index >= 15 is 0 Å². The van der Waals surface area contributed by atoms with E-state index in [1.165, 1.54) is 11.3 Å². The molecule has 0 fully saturated rings. The van der Waals surface area contributed by atoms with Crippen molar-refractivity contribution in [1.29, 1.82) is 0 Å². The van der Waals surface area contributed by atoms with Crippen molar-refractivity contribution in [1.82, 2.24) is 19.5 Å². The highest BCUT2D eigenvalue weighted by Gasteiger charge is 2.19. The average molecular weight is 440 g/mol. The molecule has 0 aliphatic heterocycles. The molecule has 5 nitrogen and oxygen atoms in total. The number of hydrogen-bond donors (Lipinski definition) is 1. The van der Waals surface area contributed by atoms with E-state index in [1.54, 1.807) is 22.9 Å². The minimum atomic E-state index is -0.208. The lowest BCUT2D eigenvalue weighted by Crippen LogP contribution is -2.13. The lowest BCUT2D eigenvalue weighted by molar-refractivity contribution is 0.797. The molecule has 3 heterocycles. The molecule has 0 aliphatic rings. The second-order valence-corrected chi connectivity index (χ2v) is 8.52. The summed E-state index contributed by atoms with van der Waals surface area (Å²) in [6.07, 6.45) is 1.95. The van der Waals surface area contributed by atoms with Gasteiger partial charge in [0.05, 0.1) is 18.0 Å². The average Bonchev–Trinajstić information content (AvgIpc) is 3.09. The highest BCUT2D eigenvalue weighted by molar-refractivity contribution is 7.19. The van der Waals surface area contributed by atoms with Gasteiger partial charge in [-0.2, -0.15) is 0 Å². The Labute approximate surface area is 173 Å². The Kier molecular flexibility index (Phi) is 4.76. The predicted octanol–water partition coefficient (Wildman–Crippen LogP) is 5.24. The summed E-state index contributed by atoms with van der Waals surface area (Å²) in [5.74, 6) is 1.25. The van der Waals surface area contributed by atoms with Crippen LogP contribution in [0.5, 0.6) is 0 Å². The van der Waals surface area contributed by atoms with Crippen molar-refractivity contribution in [3.05, 3.63) is 66.5 Å². The van der Waals surface area contributed by atoms with Crippen LogP contribution in [0.1, 0.15) is 16.5 Å². The summed E-state index contributed by atoms with van der Waals surface area (Å²) in [6.45, 7) is 1.95. The maximum Gasteiger partial charge on any atom is 0.260 e. The summed E-state index contributed by atoms with van der Waals surface area (Å²) in [7, 11) is 1.82. The highest BCUT2D eigenvalue weighted by Crippen LogP contribution is 2.39. The number of halogens is 3. The van der Waals surface area contributed by atoms with Gasteiger partial charge in [-0.15, -0.1) is 11.3 Å². The molecule has 138 valence electrons. The first-order valence-corrected chi connectivity index (χ1v) is 9.94. The van der Waals surface area contributed by atoms with E-state index in [0.29, 0.717) is 37.7 Å². The third-order valence-corrected chi connectivity index (χ3v) is 6.24. The minimum absolute atomic E-state index is 0.208. The van der Waals surface area contributed by atoms with Crippen molar-refractivity contribution in [2.45, 2.75) is 13.3 Å². The highest BCUT2D eigenvalue weighted by atomic mass is 35.5. The van der Waals surface area contributed by atoms with Crippen LogP contribution < -0.4 is 5.56 Å². The van der Waals surface area contributed by atoms with E-state index in [2.05, 4.69) is 15.0 Å². The molecule has 4 aromatic rings. The lowest BCUT2D eigenvalue weighted by atomic mass is 10.0. The summed E-state index contributed by atoms with van der Waals surface area (Å²) >= 11 is 19.9. The molecule has 0 amide bonds. The maximum atomic E-state index is 12.9. The Morgan fingerprint density at radius 1 is 1.26 bits per heavy atom. The van der Waals surface area contributed by atoms with E-state index in [9.17, 15) is 4.79 Å². The molecule has 0 atom stereocenters. The van der Waals surface area contributed by atoms with Crippen molar-refractivity contribution >= 4 is 56.4 Å². The monoisotopic (exact) mass is 438 g/mol. The third-order valence-electron chi connectivity index (χ3n) is 4.34. The van der Waals surface area contributed by atoms with Gasteiger partial charge in [0, 0.05) is 33.1 Å². The molecular weight excluding hydrogens is 427 g/mol. The molecule has 0 aliphatic carbocycles. The molecule has 0 bridgehead atoms. The normalized spacial score (nSPS) is 11.4. The standard InChI is InChI=1S/C18H13Cl3N4OS/c1-8-15(10-4-3-9(19)5-11(10)20)16-17(26)23-13(24-18(16)27-8)6-14-22-7-12(21)25(14)2/h3-5,7H,6H2,1-2H3,(H,23,24,26). The first-order chi connectivity index (χ1) is 12.8. The molecule has 0 radical (unpaired) electrons. The van der Waals surface area contributed by atoms with Gasteiger partial charge in [0.1, 0.15) is 21.6 Å². The van der Waals surface area contributed by atoms with Gasteiger partial charge in [-0.3, -0.25) is 4.79 Å². The van der Waals surface area contributed by atoms with Crippen LogP contribution in [0.3, 0.4) is 0 Å². The quantitative estimate of drug-likeness (QED) is 0.474. The number of nitrogens with one attached hydrogen (secondary N) is 1. The first-order valence-electron chi connectivity index (χ1n) is 7.99. The number of rotatable bonds is 3. The molecule has 4 rings (SSSR count). The maximum absolute atomic E-state index is 12.9. The zero-order valence-electron chi connectivity index (χ0n) is 14.3. The zero-order valence-corrected chi connectivity index (χ0v) is 17.4. The van der Waals surface area contributed by atoms with Crippen LogP contribution in [0.4, 0.5) is 0 Å². The molecule has 9 heteroatoms. The van der Waals surface area contributed by atoms with Crippen LogP contribution in [0, 0.1) is 6.92 Å². The number of imidazole rings is 1. The summed E-state index contributed by atoms with van der Waals surface area (Å²) in [5.41, 5.74) is 1.35. The van der Waals surface area contributed by atoms with Gasteiger partial charge < -0.3 is 9.55 Å². The van der Waals surface area contributed by atoms with Gasteiger partial charge in [0.25, 0.3) is 5.56 Å². The zero-order chi connectivity index (χ0) is 19.3. The van der Waals surface area contributed by atoms with Crippen LogP contribution in [-0.4, -0.2) is 19.5 Å². The van der Waals surface area contributed by atoms with E-state index in [-0.39, 0.29) is 5.56 Å². The van der Waals surface area contributed by atoms with Crippen molar-refractivity contribution in [2.75, 3.05) is 0 Å². The second kappa shape index (κ2) is 6.95. The van der Waals surface area contributed by atoms with E-state index in [1.807, 2.05) is 20.0 Å². The summed E-state index contributed by atoms with van der Waals surface area (Å²) in [4.78, 5) is 26.2. The number of fused-ring (bicyclic) bond motifs is 1. The Bertz CT molecular complexity index is 1240. The molecule has 0 saturated heterocycles. The molecule has 3 aromatic heterocycles. The Morgan fingerprint density at radius 2 is 2.04 bits per heavy atom. The van der Waals surface area contributed by atoms with Crippen LogP contribution in [0.15, 0.2) is 29.2 Å². The summed E-state index contributed by atoms with van der Waals surface area (Å²) in [5, 5.41) is 2.10. The number of hydrogen-bond acceptors (Lipinski definition) is 4. The lowest BCUT2D eigenvalue weighted by Gasteiger charge is -2.06. The van der Waals surface area contributed by atoms with E-state index in [4.69, 9.17) is 34.8 Å². The van der Waals surface area contributed by atoms with Crippen molar-refractivity contribution in [3.8, 4) is 11.1 Å². The number of thiophene rings is 1. The summed E-state index contributed by atoms with van der Waals surface area (Å²) in [6, 6.07) is 5.25. The SMILES string of the molecule is Cc1sc2nc(Cc3ncc(Cl)n3C)[nH]c(=O)c2c1-c1ccc(Cl)cc1Cl. The number of nitrogens with zero attached hydrogens (tertiary/aromatic N) is 3. The number of aromatic amines is 1. The van der Waals surface area contributed by atoms with Crippen LogP contribution in [0.2, 0.25) is 15.2 Å². The first kappa shape index (κ1) is 18.5. The fourth-order valence-electron chi connectivity index (χ4n) is 3.00. The molecular formula is C18H13Cl3N4OS. The van der Waals surface area contributed by atoms with Crippen LogP contribution >= 0.6 is 46.1 Å². The Hall–Kier alpha value is -1.86. The van der Waals surface area contributed by atoms with Gasteiger partial charge in [-0.25, -0.2) is 9.97 Å².